The summed E-state index contributed by atoms with van der Waals surface area (Å²) in [6.07, 6.45) is 2.67. The van der Waals surface area contributed by atoms with Crippen LogP contribution < -0.4 is 0 Å². The molecule has 126 valence electrons. The second kappa shape index (κ2) is 7.82. The first kappa shape index (κ1) is 17.8. The van der Waals surface area contributed by atoms with Crippen molar-refractivity contribution in [2.75, 3.05) is 6.54 Å². The van der Waals surface area contributed by atoms with Crippen LogP contribution in [0.3, 0.4) is 0 Å². The number of carboxylic acids is 1. The van der Waals surface area contributed by atoms with Crippen LogP contribution in [0.5, 0.6) is 0 Å². The maximum absolute atomic E-state index is 12.5. The molecule has 3 unspecified atom stereocenters. The molecule has 0 radical (unpaired) electrons. The van der Waals surface area contributed by atoms with Crippen LogP contribution in [0, 0.1) is 11.8 Å². The minimum atomic E-state index is -0.802. The average molecular weight is 338 g/mol. The van der Waals surface area contributed by atoms with Crippen molar-refractivity contribution in [2.45, 2.75) is 45.6 Å². The molecule has 1 N–H and O–H groups in total. The number of carbonyl (C=O) groups excluding carboxylic acids is 1. The molecule has 0 spiro atoms. The molecule has 5 heteroatoms. The normalized spacial score (nSPS) is 22.7. The second-order valence-electron chi connectivity index (χ2n) is 6.65. The van der Waals surface area contributed by atoms with E-state index >= 15 is 0 Å². The van der Waals surface area contributed by atoms with E-state index in [0.717, 1.165) is 18.4 Å². The summed E-state index contributed by atoms with van der Waals surface area (Å²) in [4.78, 5) is 25.5. The Bertz CT molecular complexity index is 558. The number of piperidine rings is 1. The molecule has 23 heavy (non-hydrogen) atoms. The van der Waals surface area contributed by atoms with E-state index < -0.39 is 11.9 Å². The van der Waals surface area contributed by atoms with Crippen LogP contribution in [0.1, 0.15) is 38.7 Å². The van der Waals surface area contributed by atoms with Crippen LogP contribution in [0.2, 0.25) is 5.02 Å². The number of aliphatic carboxylic acids is 1. The predicted molar refractivity (Wildman–Crippen MR) is 90.5 cm³/mol. The summed E-state index contributed by atoms with van der Waals surface area (Å²) in [6, 6.07) is 7.80. The van der Waals surface area contributed by atoms with Crippen LogP contribution in [0.25, 0.3) is 0 Å². The van der Waals surface area contributed by atoms with E-state index in [1.54, 1.807) is 4.90 Å². The number of carbonyl (C=O) groups is 2. The van der Waals surface area contributed by atoms with Gasteiger partial charge in [-0.25, -0.2) is 0 Å². The Morgan fingerprint density at radius 2 is 1.96 bits per heavy atom. The molecule has 1 heterocycles. The van der Waals surface area contributed by atoms with Gasteiger partial charge >= 0.3 is 5.97 Å². The highest BCUT2D eigenvalue weighted by molar-refractivity contribution is 6.30. The zero-order chi connectivity index (χ0) is 17.0. The largest absolute Gasteiger partial charge is 0.481 e. The number of halogens is 1. The van der Waals surface area contributed by atoms with E-state index in [1.807, 2.05) is 31.2 Å². The Morgan fingerprint density at radius 1 is 1.30 bits per heavy atom. The zero-order valence-corrected chi connectivity index (χ0v) is 14.4. The van der Waals surface area contributed by atoms with Crippen molar-refractivity contribution in [1.82, 2.24) is 4.90 Å². The van der Waals surface area contributed by atoms with Crippen molar-refractivity contribution in [2.24, 2.45) is 11.8 Å². The highest BCUT2D eigenvalue weighted by Crippen LogP contribution is 2.24. The Morgan fingerprint density at radius 3 is 2.57 bits per heavy atom. The Kier molecular flexibility index (Phi) is 6.05. The van der Waals surface area contributed by atoms with Crippen LogP contribution in [0.15, 0.2) is 24.3 Å². The predicted octanol–water partition coefficient (Wildman–Crippen LogP) is 3.62. The van der Waals surface area contributed by atoms with E-state index in [2.05, 4.69) is 6.92 Å². The molecule has 1 amide bonds. The molecule has 1 fully saturated rings. The SMILES string of the molecule is CC(CC(=O)N1CC(C(=O)O)CCC1C)Cc1ccc(Cl)cc1. The number of benzene rings is 1. The molecule has 3 atom stereocenters. The summed E-state index contributed by atoms with van der Waals surface area (Å²) in [5.41, 5.74) is 1.16. The molecule has 1 saturated heterocycles. The first-order valence-corrected chi connectivity index (χ1v) is 8.51. The molecule has 0 bridgehead atoms. The molecule has 1 aliphatic rings. The molecular formula is C18H24ClNO3. The Labute approximate surface area is 142 Å². The highest BCUT2D eigenvalue weighted by atomic mass is 35.5. The third-order valence-electron chi connectivity index (χ3n) is 4.57. The van der Waals surface area contributed by atoms with Crippen LogP contribution in [0.4, 0.5) is 0 Å². The summed E-state index contributed by atoms with van der Waals surface area (Å²) >= 11 is 5.88. The number of carboxylic acid groups (broad SMARTS) is 1. The summed E-state index contributed by atoms with van der Waals surface area (Å²) in [7, 11) is 0. The Hall–Kier alpha value is -1.55. The first-order valence-electron chi connectivity index (χ1n) is 8.13. The number of hydrogen-bond donors (Lipinski definition) is 1. The molecule has 0 saturated carbocycles. The van der Waals surface area contributed by atoms with Gasteiger partial charge in [0.25, 0.3) is 0 Å². The highest BCUT2D eigenvalue weighted by Gasteiger charge is 2.32. The molecule has 1 aliphatic heterocycles. The van der Waals surface area contributed by atoms with Gasteiger partial charge in [0.05, 0.1) is 5.92 Å². The lowest BCUT2D eigenvalue weighted by molar-refractivity contribution is -0.147. The van der Waals surface area contributed by atoms with Gasteiger partial charge in [-0.2, -0.15) is 0 Å². The van der Waals surface area contributed by atoms with Gasteiger partial charge in [-0.3, -0.25) is 9.59 Å². The second-order valence-corrected chi connectivity index (χ2v) is 7.08. The monoisotopic (exact) mass is 337 g/mol. The summed E-state index contributed by atoms with van der Waals surface area (Å²) in [5, 5.41) is 9.88. The molecule has 0 aliphatic carbocycles. The van der Waals surface area contributed by atoms with Gasteiger partial charge < -0.3 is 10.0 Å². The Balaban J connectivity index is 1.91. The molecule has 4 nitrogen and oxygen atoms in total. The van der Waals surface area contributed by atoms with Crippen molar-refractivity contribution in [1.29, 1.82) is 0 Å². The standard InChI is InChI=1S/C18H24ClNO3/c1-12(9-14-4-7-16(19)8-5-14)10-17(21)20-11-15(18(22)23)6-3-13(20)2/h4-5,7-8,12-13,15H,3,6,9-11H2,1-2H3,(H,22,23). The summed E-state index contributed by atoms with van der Waals surface area (Å²) in [6.45, 7) is 4.39. The van der Waals surface area contributed by atoms with Crippen molar-refractivity contribution in [3.8, 4) is 0 Å². The van der Waals surface area contributed by atoms with E-state index in [4.69, 9.17) is 11.6 Å². The molecular weight excluding hydrogens is 314 g/mol. The minimum Gasteiger partial charge on any atom is -0.481 e. The number of rotatable bonds is 5. The van der Waals surface area contributed by atoms with E-state index in [-0.39, 0.29) is 17.9 Å². The summed E-state index contributed by atoms with van der Waals surface area (Å²) < 4.78 is 0. The van der Waals surface area contributed by atoms with E-state index in [1.165, 1.54) is 0 Å². The van der Waals surface area contributed by atoms with Gasteiger partial charge in [0.1, 0.15) is 0 Å². The lowest BCUT2D eigenvalue weighted by Gasteiger charge is -2.37. The van der Waals surface area contributed by atoms with Crippen molar-refractivity contribution in [3.63, 3.8) is 0 Å². The van der Waals surface area contributed by atoms with Crippen molar-refractivity contribution >= 4 is 23.5 Å². The molecule has 1 aromatic carbocycles. The van der Waals surface area contributed by atoms with Crippen LogP contribution in [-0.4, -0.2) is 34.5 Å². The minimum absolute atomic E-state index is 0.0601. The third kappa shape index (κ3) is 4.96. The van der Waals surface area contributed by atoms with Gasteiger partial charge in [-0.15, -0.1) is 0 Å². The maximum Gasteiger partial charge on any atom is 0.308 e. The number of amides is 1. The summed E-state index contributed by atoms with van der Waals surface area (Å²) in [5.74, 6) is -0.961. The fraction of sp³-hybridized carbons (Fsp3) is 0.556. The number of likely N-dealkylation sites (tertiary alicyclic amines) is 1. The lowest BCUT2D eigenvalue weighted by Crippen LogP contribution is -2.47. The van der Waals surface area contributed by atoms with Crippen molar-refractivity contribution < 1.29 is 14.7 Å². The number of nitrogens with zero attached hydrogens (tertiary/aromatic N) is 1. The van der Waals surface area contributed by atoms with Crippen molar-refractivity contribution in [3.05, 3.63) is 34.9 Å². The van der Waals surface area contributed by atoms with Gasteiger partial charge in [0, 0.05) is 24.0 Å². The molecule has 0 aromatic heterocycles. The maximum atomic E-state index is 12.5. The number of hydrogen-bond acceptors (Lipinski definition) is 2. The third-order valence-corrected chi connectivity index (χ3v) is 4.82. The van der Waals surface area contributed by atoms with Gasteiger partial charge in [0.2, 0.25) is 5.91 Å². The van der Waals surface area contributed by atoms with E-state index in [9.17, 15) is 14.7 Å². The fourth-order valence-corrected chi connectivity index (χ4v) is 3.29. The average Bonchev–Trinajstić information content (AvgIpc) is 2.49. The van der Waals surface area contributed by atoms with Crippen LogP contribution >= 0.6 is 11.6 Å². The van der Waals surface area contributed by atoms with Crippen LogP contribution in [-0.2, 0) is 16.0 Å². The van der Waals surface area contributed by atoms with Gasteiger partial charge in [-0.05, 0) is 49.8 Å². The van der Waals surface area contributed by atoms with Gasteiger partial charge in [-0.1, -0.05) is 30.7 Å². The first-order chi connectivity index (χ1) is 10.9. The smallest absolute Gasteiger partial charge is 0.308 e. The molecule has 2 rings (SSSR count). The van der Waals surface area contributed by atoms with E-state index in [0.29, 0.717) is 24.4 Å². The topological polar surface area (TPSA) is 57.6 Å². The zero-order valence-electron chi connectivity index (χ0n) is 13.7. The quantitative estimate of drug-likeness (QED) is 0.892. The van der Waals surface area contributed by atoms with Gasteiger partial charge in [0.15, 0.2) is 0 Å². The molecule has 1 aromatic rings. The lowest BCUT2D eigenvalue weighted by atomic mass is 9.91. The fourth-order valence-electron chi connectivity index (χ4n) is 3.17.